The lowest BCUT2D eigenvalue weighted by Crippen LogP contribution is -2.37. The Morgan fingerprint density at radius 3 is 2.75 bits per heavy atom. The highest BCUT2D eigenvalue weighted by Gasteiger charge is 2.24. The molecule has 1 heterocycles. The summed E-state index contributed by atoms with van der Waals surface area (Å²) in [6, 6.07) is 14.5. The molecule has 20 heavy (non-hydrogen) atoms. The van der Waals surface area contributed by atoms with Crippen LogP contribution in [0.2, 0.25) is 0 Å². The van der Waals surface area contributed by atoms with Crippen molar-refractivity contribution in [3.05, 3.63) is 54.1 Å². The number of amides is 1. The van der Waals surface area contributed by atoms with Crippen LogP contribution < -0.4 is 10.6 Å². The normalized spacial score (nSPS) is 16.9. The van der Waals surface area contributed by atoms with Crippen molar-refractivity contribution in [2.75, 3.05) is 10.6 Å². The number of carbonyl (C=O) groups excluding carboxylic acids is 1. The zero-order valence-corrected chi connectivity index (χ0v) is 11.0. The summed E-state index contributed by atoms with van der Waals surface area (Å²) in [5, 5.41) is 15.7. The molecule has 2 aromatic rings. The number of phenols is 1. The van der Waals surface area contributed by atoms with Gasteiger partial charge >= 0.3 is 0 Å². The molecule has 102 valence electrons. The Morgan fingerprint density at radius 2 is 1.90 bits per heavy atom. The third-order valence-corrected chi connectivity index (χ3v) is 3.53. The number of rotatable bonds is 2. The molecule has 0 saturated heterocycles. The number of para-hydroxylation sites is 3. The predicted molar refractivity (Wildman–Crippen MR) is 78.9 cm³/mol. The Labute approximate surface area is 117 Å². The van der Waals surface area contributed by atoms with Crippen molar-refractivity contribution in [1.82, 2.24) is 0 Å². The Morgan fingerprint density at radius 1 is 1.15 bits per heavy atom. The van der Waals surface area contributed by atoms with Crippen LogP contribution in [0.15, 0.2) is 48.5 Å². The van der Waals surface area contributed by atoms with Crippen molar-refractivity contribution in [2.24, 2.45) is 0 Å². The first-order valence-electron chi connectivity index (χ1n) is 6.67. The second-order valence-electron chi connectivity index (χ2n) is 4.90. The molecular formula is C16H16N2O2. The number of aryl methyl sites for hydroxylation is 1. The minimum absolute atomic E-state index is 0.0806. The molecule has 4 nitrogen and oxygen atoms in total. The van der Waals surface area contributed by atoms with Gasteiger partial charge < -0.3 is 15.7 Å². The van der Waals surface area contributed by atoms with E-state index in [-0.39, 0.29) is 17.7 Å². The van der Waals surface area contributed by atoms with Crippen molar-refractivity contribution >= 4 is 17.3 Å². The smallest absolute Gasteiger partial charge is 0.246 e. The quantitative estimate of drug-likeness (QED) is 0.734. The van der Waals surface area contributed by atoms with Crippen LogP contribution in [0.3, 0.4) is 0 Å². The van der Waals surface area contributed by atoms with Crippen LogP contribution >= 0.6 is 0 Å². The number of hydrogen-bond acceptors (Lipinski definition) is 3. The summed E-state index contributed by atoms with van der Waals surface area (Å²) in [4.78, 5) is 12.2. The van der Waals surface area contributed by atoms with Gasteiger partial charge in [-0.2, -0.15) is 0 Å². The molecule has 0 radical (unpaired) electrons. The predicted octanol–water partition coefficient (Wildman–Crippen LogP) is 2.76. The molecule has 1 unspecified atom stereocenters. The molecule has 1 atom stereocenters. The highest BCUT2D eigenvalue weighted by atomic mass is 16.3. The first-order valence-corrected chi connectivity index (χ1v) is 6.67. The number of fused-ring (bicyclic) bond motifs is 1. The molecule has 1 aliphatic heterocycles. The van der Waals surface area contributed by atoms with Gasteiger partial charge in [-0.3, -0.25) is 4.79 Å². The topological polar surface area (TPSA) is 61.4 Å². The summed E-state index contributed by atoms with van der Waals surface area (Å²) in [7, 11) is 0. The average Bonchev–Trinajstić information content (AvgIpc) is 2.49. The zero-order chi connectivity index (χ0) is 13.9. The first-order chi connectivity index (χ1) is 9.74. The van der Waals surface area contributed by atoms with Crippen molar-refractivity contribution < 1.29 is 9.90 Å². The highest BCUT2D eigenvalue weighted by molar-refractivity contribution is 5.98. The number of anilines is 2. The van der Waals surface area contributed by atoms with Gasteiger partial charge in [0.25, 0.3) is 0 Å². The Hall–Kier alpha value is -2.49. The molecule has 0 saturated carbocycles. The lowest BCUT2D eigenvalue weighted by atomic mass is 9.97. The fourth-order valence-corrected chi connectivity index (χ4v) is 2.43. The first kappa shape index (κ1) is 12.5. The molecule has 1 aliphatic rings. The van der Waals surface area contributed by atoms with Gasteiger partial charge in [-0.05, 0) is 36.6 Å². The number of hydrogen-bond donors (Lipinski definition) is 3. The van der Waals surface area contributed by atoms with Crippen LogP contribution in [0, 0.1) is 0 Å². The van der Waals surface area contributed by atoms with Crippen LogP contribution in [0.5, 0.6) is 5.75 Å². The van der Waals surface area contributed by atoms with E-state index in [9.17, 15) is 9.90 Å². The molecule has 0 aromatic heterocycles. The van der Waals surface area contributed by atoms with Crippen molar-refractivity contribution in [3.63, 3.8) is 0 Å². The van der Waals surface area contributed by atoms with Crippen molar-refractivity contribution in [2.45, 2.75) is 18.9 Å². The van der Waals surface area contributed by atoms with Gasteiger partial charge in [0.1, 0.15) is 11.8 Å². The summed E-state index contributed by atoms with van der Waals surface area (Å²) >= 11 is 0. The summed E-state index contributed by atoms with van der Waals surface area (Å²) in [6.07, 6.45) is 1.62. The number of phenolic OH excluding ortho intramolecular Hbond substituents is 1. The summed E-state index contributed by atoms with van der Waals surface area (Å²) in [6.45, 7) is 0. The van der Waals surface area contributed by atoms with E-state index in [1.54, 1.807) is 24.3 Å². The van der Waals surface area contributed by atoms with Gasteiger partial charge in [0.2, 0.25) is 5.91 Å². The number of carbonyl (C=O) groups is 1. The lowest BCUT2D eigenvalue weighted by Gasteiger charge is -2.26. The number of nitrogens with one attached hydrogen (secondary N) is 2. The molecule has 0 fully saturated rings. The van der Waals surface area contributed by atoms with Gasteiger partial charge in [0.15, 0.2) is 0 Å². The van der Waals surface area contributed by atoms with Crippen LogP contribution in [-0.2, 0) is 11.2 Å². The number of benzene rings is 2. The van der Waals surface area contributed by atoms with E-state index in [1.807, 2.05) is 18.2 Å². The fourth-order valence-electron chi connectivity index (χ4n) is 2.43. The maximum Gasteiger partial charge on any atom is 0.246 e. The van der Waals surface area contributed by atoms with E-state index in [1.165, 1.54) is 5.56 Å². The second-order valence-corrected chi connectivity index (χ2v) is 4.90. The standard InChI is InChI=1S/C16H16N2O2/c19-15-8-4-3-7-13(15)18-16(20)14-10-9-11-5-1-2-6-12(11)17-14/h1-8,14,17,19H,9-10H2,(H,18,20). The van der Waals surface area contributed by atoms with Gasteiger partial charge in [0.05, 0.1) is 5.69 Å². The SMILES string of the molecule is O=C(Nc1ccccc1O)C1CCc2ccccc2N1. The number of aromatic hydroxyl groups is 1. The summed E-state index contributed by atoms with van der Waals surface area (Å²) in [5.74, 6) is -0.0435. The summed E-state index contributed by atoms with van der Waals surface area (Å²) in [5.41, 5.74) is 2.69. The van der Waals surface area contributed by atoms with Crippen LogP contribution in [0.1, 0.15) is 12.0 Å². The molecule has 4 heteroatoms. The molecule has 2 aromatic carbocycles. The van der Waals surface area contributed by atoms with E-state index in [2.05, 4.69) is 16.7 Å². The largest absolute Gasteiger partial charge is 0.506 e. The Bertz CT molecular complexity index is 640. The van der Waals surface area contributed by atoms with E-state index in [0.29, 0.717) is 5.69 Å². The summed E-state index contributed by atoms with van der Waals surface area (Å²) < 4.78 is 0. The zero-order valence-electron chi connectivity index (χ0n) is 11.0. The molecule has 0 spiro atoms. The van der Waals surface area contributed by atoms with Crippen LogP contribution in [-0.4, -0.2) is 17.1 Å². The van der Waals surface area contributed by atoms with Gasteiger partial charge in [-0.25, -0.2) is 0 Å². The van der Waals surface area contributed by atoms with Crippen LogP contribution in [0.25, 0.3) is 0 Å². The van der Waals surface area contributed by atoms with Crippen molar-refractivity contribution in [3.8, 4) is 5.75 Å². The molecule has 0 aliphatic carbocycles. The lowest BCUT2D eigenvalue weighted by molar-refractivity contribution is -0.117. The minimum Gasteiger partial charge on any atom is -0.506 e. The average molecular weight is 268 g/mol. The maximum absolute atomic E-state index is 12.2. The van der Waals surface area contributed by atoms with Gasteiger partial charge in [-0.1, -0.05) is 30.3 Å². The third-order valence-electron chi connectivity index (χ3n) is 3.53. The fraction of sp³-hybridized carbons (Fsp3) is 0.188. The monoisotopic (exact) mass is 268 g/mol. The molecule has 1 amide bonds. The molecular weight excluding hydrogens is 252 g/mol. The van der Waals surface area contributed by atoms with Gasteiger partial charge in [0, 0.05) is 5.69 Å². The molecule has 0 bridgehead atoms. The molecule has 3 N–H and O–H groups in total. The Kier molecular flexibility index (Phi) is 3.29. The van der Waals surface area contributed by atoms with Crippen molar-refractivity contribution in [1.29, 1.82) is 0 Å². The molecule has 3 rings (SSSR count). The third kappa shape index (κ3) is 2.45. The highest BCUT2D eigenvalue weighted by Crippen LogP contribution is 2.26. The van der Waals surface area contributed by atoms with E-state index in [4.69, 9.17) is 0 Å². The minimum atomic E-state index is -0.274. The Balaban J connectivity index is 1.72. The second kappa shape index (κ2) is 5.25. The van der Waals surface area contributed by atoms with Crippen LogP contribution in [0.4, 0.5) is 11.4 Å². The van der Waals surface area contributed by atoms with Gasteiger partial charge in [-0.15, -0.1) is 0 Å². The van der Waals surface area contributed by atoms with E-state index in [0.717, 1.165) is 18.5 Å². The van der Waals surface area contributed by atoms with E-state index < -0.39 is 0 Å². The van der Waals surface area contributed by atoms with E-state index >= 15 is 0 Å². The maximum atomic E-state index is 12.2.